The van der Waals surface area contributed by atoms with Gasteiger partial charge in [-0.3, -0.25) is 37.3 Å². The second kappa shape index (κ2) is 68.8. The van der Waals surface area contributed by atoms with Gasteiger partial charge in [-0.1, -0.05) is 350 Å². The predicted molar refractivity (Wildman–Crippen MR) is 391 cm³/mol. The molecule has 0 aliphatic rings. The summed E-state index contributed by atoms with van der Waals surface area (Å²) in [6.07, 6.45) is 57.3. The summed E-state index contributed by atoms with van der Waals surface area (Å²) in [7, 11) is -9.90. The molecule has 7 atom stereocenters. The summed E-state index contributed by atoms with van der Waals surface area (Å²) < 4.78 is 68.3. The molecule has 0 amide bonds. The lowest BCUT2D eigenvalue weighted by molar-refractivity contribution is -0.161. The van der Waals surface area contributed by atoms with E-state index in [1.807, 2.05) is 0 Å². The summed E-state index contributed by atoms with van der Waals surface area (Å²) in [5.41, 5.74) is 0. The minimum atomic E-state index is -4.96. The molecule has 19 heteroatoms. The van der Waals surface area contributed by atoms with Gasteiger partial charge in [0.1, 0.15) is 19.3 Å². The molecule has 0 aliphatic heterocycles. The van der Waals surface area contributed by atoms with Gasteiger partial charge in [0, 0.05) is 25.7 Å². The molecule has 3 N–H and O–H groups in total. The highest BCUT2D eigenvalue weighted by atomic mass is 31.2. The Morgan fingerprint density at radius 2 is 0.500 bits per heavy atom. The minimum Gasteiger partial charge on any atom is -0.462 e. The predicted octanol–water partition coefficient (Wildman–Crippen LogP) is 22.7. The smallest absolute Gasteiger partial charge is 0.462 e. The Morgan fingerprint density at radius 1 is 0.292 bits per heavy atom. The Labute approximate surface area is 588 Å². The van der Waals surface area contributed by atoms with Crippen LogP contribution in [0.3, 0.4) is 0 Å². The SMILES string of the molecule is CCCCCCCCCCCCCC(=O)O[C@H](COC(=O)CCCCCCC)COP(=O)(O)OC[C@H](O)COP(=O)(O)OC[C@@H](COC(=O)CCCCCCCCCCCCCCCCC(C)CC)OC(=O)CCCCCCCCCCCCCCCCCCCCC(C)CC. The second-order valence-corrected chi connectivity index (χ2v) is 31.1. The van der Waals surface area contributed by atoms with E-state index in [4.69, 9.17) is 37.0 Å². The lowest BCUT2D eigenvalue weighted by Crippen LogP contribution is -2.30. The van der Waals surface area contributed by atoms with Crippen LogP contribution in [0.25, 0.3) is 0 Å². The van der Waals surface area contributed by atoms with Gasteiger partial charge in [0.05, 0.1) is 26.4 Å². The maximum Gasteiger partial charge on any atom is 0.472 e. The van der Waals surface area contributed by atoms with Crippen LogP contribution in [-0.4, -0.2) is 96.7 Å². The molecule has 4 unspecified atom stereocenters. The van der Waals surface area contributed by atoms with Crippen LogP contribution in [0.2, 0.25) is 0 Å². The molecule has 0 radical (unpaired) electrons. The van der Waals surface area contributed by atoms with Crippen molar-refractivity contribution in [3.8, 4) is 0 Å². The van der Waals surface area contributed by atoms with Crippen LogP contribution >= 0.6 is 15.6 Å². The third-order valence-electron chi connectivity index (χ3n) is 18.7. The van der Waals surface area contributed by atoms with Gasteiger partial charge in [0.15, 0.2) is 12.2 Å². The van der Waals surface area contributed by atoms with Crippen molar-refractivity contribution in [1.82, 2.24) is 0 Å². The molecule has 17 nitrogen and oxygen atoms in total. The Kier molecular flexibility index (Phi) is 67.4. The third kappa shape index (κ3) is 67.9. The topological polar surface area (TPSA) is 237 Å². The number of ether oxygens (including phenoxy) is 4. The Balaban J connectivity index is 5.11. The van der Waals surface area contributed by atoms with Crippen LogP contribution in [0, 0.1) is 11.8 Å². The van der Waals surface area contributed by atoms with Crippen molar-refractivity contribution in [2.45, 2.75) is 419 Å². The molecule has 0 spiro atoms. The highest BCUT2D eigenvalue weighted by Gasteiger charge is 2.30. The normalized spacial score (nSPS) is 14.6. The van der Waals surface area contributed by atoms with E-state index in [0.717, 1.165) is 108 Å². The summed E-state index contributed by atoms with van der Waals surface area (Å²) in [4.78, 5) is 72.5. The van der Waals surface area contributed by atoms with Crippen LogP contribution in [0.4, 0.5) is 0 Å². The average molecular weight is 1410 g/mol. The van der Waals surface area contributed by atoms with Crippen LogP contribution < -0.4 is 0 Å². The highest BCUT2D eigenvalue weighted by Crippen LogP contribution is 2.45. The van der Waals surface area contributed by atoms with E-state index < -0.39 is 97.5 Å². The van der Waals surface area contributed by atoms with E-state index >= 15 is 0 Å². The van der Waals surface area contributed by atoms with Crippen molar-refractivity contribution in [3.05, 3.63) is 0 Å². The molecule has 96 heavy (non-hydrogen) atoms. The van der Waals surface area contributed by atoms with Crippen LogP contribution in [0.5, 0.6) is 0 Å². The Hall–Kier alpha value is -1.94. The summed E-state index contributed by atoms with van der Waals surface area (Å²) in [5, 5.41) is 10.6. The number of rotatable bonds is 76. The first kappa shape index (κ1) is 94.1. The average Bonchev–Trinajstić information content (AvgIpc) is 1.65. The summed E-state index contributed by atoms with van der Waals surface area (Å²) in [6.45, 7) is 9.63. The molecule has 0 aromatic carbocycles. The maximum atomic E-state index is 13.1. The molecule has 570 valence electrons. The molecule has 0 saturated heterocycles. The quantitative estimate of drug-likeness (QED) is 0.0222. The molecule has 0 rings (SSSR count). The van der Waals surface area contributed by atoms with Gasteiger partial charge in [-0.2, -0.15) is 0 Å². The maximum absolute atomic E-state index is 13.1. The molecule has 0 saturated carbocycles. The van der Waals surface area contributed by atoms with Crippen molar-refractivity contribution < 1.29 is 80.2 Å². The second-order valence-electron chi connectivity index (χ2n) is 28.2. The van der Waals surface area contributed by atoms with E-state index in [2.05, 4.69) is 41.5 Å². The molecule has 0 aromatic heterocycles. The van der Waals surface area contributed by atoms with E-state index in [-0.39, 0.29) is 25.7 Å². The molecule has 0 bridgehead atoms. The van der Waals surface area contributed by atoms with Gasteiger partial charge in [0.25, 0.3) is 0 Å². The number of aliphatic hydroxyl groups is 1. The molecule has 0 aliphatic carbocycles. The fourth-order valence-corrected chi connectivity index (χ4v) is 13.3. The molecule has 0 aromatic rings. The van der Waals surface area contributed by atoms with E-state index in [0.29, 0.717) is 25.7 Å². The van der Waals surface area contributed by atoms with Crippen molar-refractivity contribution in [2.24, 2.45) is 11.8 Å². The van der Waals surface area contributed by atoms with Gasteiger partial charge in [-0.25, -0.2) is 9.13 Å². The third-order valence-corrected chi connectivity index (χ3v) is 20.6. The van der Waals surface area contributed by atoms with Crippen molar-refractivity contribution in [1.29, 1.82) is 0 Å². The monoisotopic (exact) mass is 1410 g/mol. The number of phosphoric acid groups is 2. The first-order valence-electron chi connectivity index (χ1n) is 40.1. The van der Waals surface area contributed by atoms with Crippen LogP contribution in [-0.2, 0) is 65.4 Å². The molecule has 0 heterocycles. The van der Waals surface area contributed by atoms with Crippen LogP contribution in [0.15, 0.2) is 0 Å². The van der Waals surface area contributed by atoms with E-state index in [9.17, 15) is 43.2 Å². The summed E-state index contributed by atoms with van der Waals surface area (Å²) in [5.74, 6) is -0.405. The Morgan fingerprint density at radius 3 is 0.740 bits per heavy atom. The minimum absolute atomic E-state index is 0.106. The van der Waals surface area contributed by atoms with Crippen LogP contribution in [0.1, 0.15) is 401 Å². The van der Waals surface area contributed by atoms with Gasteiger partial charge in [-0.05, 0) is 37.5 Å². The van der Waals surface area contributed by atoms with Crippen molar-refractivity contribution in [2.75, 3.05) is 39.6 Å². The number of hydrogen-bond donors (Lipinski definition) is 3. The summed E-state index contributed by atoms with van der Waals surface area (Å²) >= 11 is 0. The van der Waals surface area contributed by atoms with E-state index in [1.165, 1.54) is 212 Å². The zero-order valence-corrected chi connectivity index (χ0v) is 64.5. The fourth-order valence-electron chi connectivity index (χ4n) is 11.8. The number of phosphoric ester groups is 2. The number of aliphatic hydroxyl groups excluding tert-OH is 1. The lowest BCUT2D eigenvalue weighted by atomic mass is 9.99. The lowest BCUT2D eigenvalue weighted by Gasteiger charge is -2.21. The molecular formula is C77H150O17P2. The van der Waals surface area contributed by atoms with Crippen molar-refractivity contribution in [3.63, 3.8) is 0 Å². The van der Waals surface area contributed by atoms with Gasteiger partial charge < -0.3 is 33.8 Å². The number of hydrogen-bond acceptors (Lipinski definition) is 15. The zero-order chi connectivity index (χ0) is 70.7. The first-order valence-corrected chi connectivity index (χ1v) is 43.1. The molecular weight excluding hydrogens is 1260 g/mol. The Bertz CT molecular complexity index is 1860. The standard InChI is InChI=1S/C77H150O17P2/c1-7-11-13-15-16-17-30-38-43-49-55-61-76(81)93-72(65-87-74(79)59-53-45-14-12-8-2)67-91-95(83,84)89-63-71(78)64-90-96(85,86)92-68-73(66-88-75(80)60-54-48-42-37-33-28-25-24-27-32-36-41-47-52-58-70(6)10-4)94-77(82)62-56-50-44-39-34-29-23-21-19-18-20-22-26-31-35-40-46-51-57-69(5)9-3/h69-73,78H,7-68H2,1-6H3,(H,83,84)(H,85,86)/t69?,70?,71-,72+,73+/m0/s1. The largest absolute Gasteiger partial charge is 0.472 e. The number of unbranched alkanes of at least 4 members (excludes halogenated alkanes) is 44. The van der Waals surface area contributed by atoms with Gasteiger partial charge >= 0.3 is 39.5 Å². The number of carbonyl (C=O) groups is 4. The van der Waals surface area contributed by atoms with Gasteiger partial charge in [-0.15, -0.1) is 0 Å². The summed E-state index contributed by atoms with van der Waals surface area (Å²) in [6, 6.07) is 0. The first-order chi connectivity index (χ1) is 46.4. The number of esters is 4. The molecule has 0 fully saturated rings. The van der Waals surface area contributed by atoms with E-state index in [1.54, 1.807) is 0 Å². The zero-order valence-electron chi connectivity index (χ0n) is 62.7. The van der Waals surface area contributed by atoms with Crippen molar-refractivity contribution >= 4 is 39.5 Å². The van der Waals surface area contributed by atoms with Gasteiger partial charge in [0.2, 0.25) is 0 Å². The number of carbonyl (C=O) groups excluding carboxylic acids is 4. The fraction of sp³-hybridized carbons (Fsp3) is 0.948. The highest BCUT2D eigenvalue weighted by molar-refractivity contribution is 7.47.